The molecule has 0 aliphatic heterocycles. The molecule has 0 aliphatic rings. The molecule has 0 fully saturated rings. The maximum absolute atomic E-state index is 13.7. The highest BCUT2D eigenvalue weighted by Crippen LogP contribution is 2.24. The van der Waals surface area contributed by atoms with Gasteiger partial charge in [-0.3, -0.25) is 14.6 Å². The van der Waals surface area contributed by atoms with Crippen LogP contribution in [0, 0.1) is 10.8 Å². The topological polar surface area (TPSA) is 187 Å². The van der Waals surface area contributed by atoms with Gasteiger partial charge in [0.05, 0.1) is 24.1 Å². The van der Waals surface area contributed by atoms with Crippen molar-refractivity contribution in [1.82, 2.24) is 25.7 Å². The van der Waals surface area contributed by atoms with E-state index in [0.717, 1.165) is 28.6 Å². The molecule has 0 radical (unpaired) electrons. The van der Waals surface area contributed by atoms with Crippen molar-refractivity contribution >= 4 is 27.9 Å². The van der Waals surface area contributed by atoms with E-state index in [4.69, 9.17) is 0 Å². The van der Waals surface area contributed by atoms with Gasteiger partial charge in [-0.25, -0.2) is 17.9 Å². The van der Waals surface area contributed by atoms with Gasteiger partial charge in [-0.15, -0.1) is 0 Å². The van der Waals surface area contributed by atoms with Crippen LogP contribution in [0.25, 0.3) is 11.3 Å². The highest BCUT2D eigenvalue weighted by Gasteiger charge is 2.37. The van der Waals surface area contributed by atoms with E-state index in [0.29, 0.717) is 0 Å². The quantitative estimate of drug-likeness (QED) is 0.137. The first-order chi connectivity index (χ1) is 23.2. The second-order valence-electron chi connectivity index (χ2n) is 14.9. The summed E-state index contributed by atoms with van der Waals surface area (Å²) in [5.74, 6) is -1.16. The standard InChI is InChI=1S/C37H51N5O7S/c1-36(2,3)31(41-35(46)47)33(44)39-27(21-25-16-18-26(19-17-25)28-15-11-12-20-38-28)23-30(43)29(22-24-13-9-8-10-14-24)40-34(45)32(37(4,5)6)42-50(7,48)49/h8-20,27,29-32,41-43H,21-23H2,1-7H3,(H,39,44)(H,40,45)(H,46,47)/t27-,29-,30-,31+,32+/m0/s1. The van der Waals surface area contributed by atoms with Crippen molar-refractivity contribution in [2.24, 2.45) is 10.8 Å². The number of aliphatic hydroxyl groups excluding tert-OH is 1. The summed E-state index contributed by atoms with van der Waals surface area (Å²) in [6.45, 7) is 10.4. The Morgan fingerprint density at radius 3 is 1.82 bits per heavy atom. The summed E-state index contributed by atoms with van der Waals surface area (Å²) in [7, 11) is -3.76. The molecule has 2 aromatic carbocycles. The van der Waals surface area contributed by atoms with E-state index in [1.54, 1.807) is 47.7 Å². The molecule has 50 heavy (non-hydrogen) atoms. The minimum Gasteiger partial charge on any atom is -0.465 e. The molecule has 3 amide bonds. The van der Waals surface area contributed by atoms with E-state index in [1.807, 2.05) is 72.8 Å². The molecule has 0 saturated carbocycles. The van der Waals surface area contributed by atoms with Gasteiger partial charge in [-0.05, 0) is 53.4 Å². The lowest BCUT2D eigenvalue weighted by Gasteiger charge is -2.34. The van der Waals surface area contributed by atoms with Gasteiger partial charge >= 0.3 is 6.09 Å². The zero-order valence-corrected chi connectivity index (χ0v) is 30.6. The van der Waals surface area contributed by atoms with E-state index in [1.165, 1.54) is 0 Å². The number of hydrogen-bond donors (Lipinski definition) is 6. The van der Waals surface area contributed by atoms with E-state index < -0.39 is 69.0 Å². The third-order valence-electron chi connectivity index (χ3n) is 8.22. The number of nitrogens with one attached hydrogen (secondary N) is 4. The van der Waals surface area contributed by atoms with Crippen molar-refractivity contribution in [3.63, 3.8) is 0 Å². The lowest BCUT2D eigenvalue weighted by molar-refractivity contribution is -0.128. The Hall–Kier alpha value is -4.33. The fraction of sp³-hybridized carbons (Fsp3) is 0.459. The van der Waals surface area contributed by atoms with Crippen molar-refractivity contribution in [2.75, 3.05) is 6.26 Å². The molecule has 5 atom stereocenters. The molecular weight excluding hydrogens is 659 g/mol. The SMILES string of the molecule is CC(C)(C)[C@H](NC(=O)O)C(=O)N[C@@H](Cc1ccc(-c2ccccn2)cc1)C[C@H](O)[C@H](Cc1ccccc1)NC(=O)[C@@H](NS(C)(=O)=O)C(C)(C)C. The van der Waals surface area contributed by atoms with Crippen LogP contribution < -0.4 is 20.7 Å². The molecule has 1 heterocycles. The maximum atomic E-state index is 13.7. The molecular formula is C37H51N5O7S. The summed E-state index contributed by atoms with van der Waals surface area (Å²) in [5.41, 5.74) is 1.79. The molecule has 0 aliphatic carbocycles. The molecule has 0 spiro atoms. The number of amides is 3. The van der Waals surface area contributed by atoms with Crippen LogP contribution >= 0.6 is 0 Å². The van der Waals surface area contributed by atoms with Crippen molar-refractivity contribution in [3.05, 3.63) is 90.1 Å². The van der Waals surface area contributed by atoms with Gasteiger partial charge in [0, 0.05) is 17.8 Å². The normalized spacial score (nSPS) is 15.2. The molecule has 12 nitrogen and oxygen atoms in total. The summed E-state index contributed by atoms with van der Waals surface area (Å²) in [6, 6.07) is 18.7. The minimum absolute atomic E-state index is 0.0187. The van der Waals surface area contributed by atoms with Crippen LogP contribution in [-0.4, -0.2) is 78.0 Å². The molecule has 1 aromatic heterocycles. The third kappa shape index (κ3) is 12.8. The average molecular weight is 710 g/mol. The number of aromatic nitrogens is 1. The van der Waals surface area contributed by atoms with Crippen molar-refractivity contribution in [3.8, 4) is 11.3 Å². The average Bonchev–Trinajstić information content (AvgIpc) is 3.01. The predicted molar refractivity (Wildman–Crippen MR) is 194 cm³/mol. The first-order valence-electron chi connectivity index (χ1n) is 16.5. The molecule has 0 bridgehead atoms. The Balaban J connectivity index is 1.96. The summed E-state index contributed by atoms with van der Waals surface area (Å²) in [4.78, 5) is 43.4. The van der Waals surface area contributed by atoms with Crippen LogP contribution in [0.15, 0.2) is 79.0 Å². The van der Waals surface area contributed by atoms with Crippen molar-refractivity contribution < 1.29 is 33.0 Å². The number of rotatable bonds is 15. The highest BCUT2D eigenvalue weighted by molar-refractivity contribution is 7.88. The predicted octanol–water partition coefficient (Wildman–Crippen LogP) is 3.90. The van der Waals surface area contributed by atoms with Gasteiger partial charge in [0.2, 0.25) is 21.8 Å². The van der Waals surface area contributed by atoms with E-state index in [9.17, 15) is 33.0 Å². The fourth-order valence-electron chi connectivity index (χ4n) is 5.62. The lowest BCUT2D eigenvalue weighted by atomic mass is 9.85. The number of nitrogens with zero attached hydrogens (tertiary/aromatic N) is 1. The van der Waals surface area contributed by atoms with Crippen molar-refractivity contribution in [2.45, 2.75) is 91.1 Å². The number of sulfonamides is 1. The molecule has 3 aromatic rings. The van der Waals surface area contributed by atoms with Gasteiger partial charge in [-0.1, -0.05) is 102 Å². The summed E-state index contributed by atoms with van der Waals surface area (Å²) < 4.78 is 26.8. The number of benzene rings is 2. The molecule has 3 rings (SSSR count). The Labute approximate surface area is 295 Å². The minimum atomic E-state index is -3.76. The Bertz CT molecular complexity index is 1670. The van der Waals surface area contributed by atoms with E-state index >= 15 is 0 Å². The zero-order valence-electron chi connectivity index (χ0n) is 29.8. The third-order valence-corrected chi connectivity index (χ3v) is 8.88. The zero-order chi connectivity index (χ0) is 37.3. The smallest absolute Gasteiger partial charge is 0.405 e. The summed E-state index contributed by atoms with van der Waals surface area (Å²) in [5, 5.41) is 29.5. The molecule has 272 valence electrons. The first kappa shape index (κ1) is 40.1. The van der Waals surface area contributed by atoms with Crippen LogP contribution in [0.5, 0.6) is 0 Å². The van der Waals surface area contributed by atoms with E-state index in [-0.39, 0.29) is 19.3 Å². The number of carboxylic acid groups (broad SMARTS) is 1. The monoisotopic (exact) mass is 709 g/mol. The second kappa shape index (κ2) is 17.1. The number of hydrogen-bond acceptors (Lipinski definition) is 7. The molecule has 13 heteroatoms. The van der Waals surface area contributed by atoms with Crippen LogP contribution in [0.3, 0.4) is 0 Å². The van der Waals surface area contributed by atoms with Gasteiger partial charge < -0.3 is 26.2 Å². The van der Waals surface area contributed by atoms with Crippen LogP contribution in [0.4, 0.5) is 4.79 Å². The fourth-order valence-corrected chi connectivity index (χ4v) is 6.51. The van der Waals surface area contributed by atoms with Gasteiger partial charge in [0.15, 0.2) is 0 Å². The Morgan fingerprint density at radius 1 is 0.740 bits per heavy atom. The summed E-state index contributed by atoms with van der Waals surface area (Å²) >= 11 is 0. The first-order valence-corrected chi connectivity index (χ1v) is 18.4. The lowest BCUT2D eigenvalue weighted by Crippen LogP contribution is -2.58. The number of aliphatic hydroxyl groups is 1. The van der Waals surface area contributed by atoms with Gasteiger partial charge in [-0.2, -0.15) is 0 Å². The van der Waals surface area contributed by atoms with Crippen LogP contribution in [0.1, 0.15) is 59.1 Å². The van der Waals surface area contributed by atoms with Crippen LogP contribution in [0.2, 0.25) is 0 Å². The number of pyridine rings is 1. The van der Waals surface area contributed by atoms with E-state index in [2.05, 4.69) is 25.7 Å². The Kier molecular flexibility index (Phi) is 13.7. The molecule has 0 saturated heterocycles. The van der Waals surface area contributed by atoms with Crippen LogP contribution in [-0.2, 0) is 32.5 Å². The van der Waals surface area contributed by atoms with Crippen molar-refractivity contribution in [1.29, 1.82) is 0 Å². The highest BCUT2D eigenvalue weighted by atomic mass is 32.2. The maximum Gasteiger partial charge on any atom is 0.405 e. The summed E-state index contributed by atoms with van der Waals surface area (Å²) in [6.07, 6.45) is 0.610. The second-order valence-corrected chi connectivity index (χ2v) is 16.6. The Morgan fingerprint density at radius 2 is 1.30 bits per heavy atom. The number of carbonyl (C=O) groups is 3. The molecule has 0 unspecified atom stereocenters. The largest absolute Gasteiger partial charge is 0.465 e. The molecule has 6 N–H and O–H groups in total. The number of carbonyl (C=O) groups excluding carboxylic acids is 2. The van der Waals surface area contributed by atoms with Gasteiger partial charge in [0.1, 0.15) is 12.1 Å². The van der Waals surface area contributed by atoms with Gasteiger partial charge in [0.25, 0.3) is 0 Å².